The summed E-state index contributed by atoms with van der Waals surface area (Å²) in [5.41, 5.74) is 3.16. The van der Waals surface area contributed by atoms with Crippen LogP contribution in [0, 0.1) is 0 Å². The molecule has 5 heteroatoms. The van der Waals surface area contributed by atoms with Crippen molar-refractivity contribution in [2.24, 2.45) is 0 Å². The first kappa shape index (κ1) is 12.3. The van der Waals surface area contributed by atoms with E-state index in [4.69, 9.17) is 0 Å². The van der Waals surface area contributed by atoms with Gasteiger partial charge in [-0.1, -0.05) is 36.4 Å². The third kappa shape index (κ3) is 2.06. The van der Waals surface area contributed by atoms with Crippen LogP contribution in [0.25, 0.3) is 11.3 Å². The van der Waals surface area contributed by atoms with Crippen molar-refractivity contribution < 1.29 is 4.79 Å². The van der Waals surface area contributed by atoms with Crippen molar-refractivity contribution >= 4 is 23.1 Å². The SMILES string of the molecule is O=C1C[C@@H](c2cccs2)c2c(n[nH]c2-c2ccccc2)N1. The number of benzene rings is 1. The Morgan fingerprint density at radius 1 is 1.14 bits per heavy atom. The number of hydrogen-bond acceptors (Lipinski definition) is 3. The van der Waals surface area contributed by atoms with E-state index in [1.807, 2.05) is 29.6 Å². The topological polar surface area (TPSA) is 57.8 Å². The van der Waals surface area contributed by atoms with Gasteiger partial charge >= 0.3 is 0 Å². The minimum Gasteiger partial charge on any atom is -0.309 e. The number of aromatic nitrogens is 2. The average molecular weight is 295 g/mol. The Hall–Kier alpha value is -2.40. The molecule has 0 fully saturated rings. The Bertz CT molecular complexity index is 777. The van der Waals surface area contributed by atoms with Crippen LogP contribution in [0.15, 0.2) is 47.8 Å². The van der Waals surface area contributed by atoms with Crippen LogP contribution < -0.4 is 5.32 Å². The third-order valence-electron chi connectivity index (χ3n) is 3.75. The second kappa shape index (κ2) is 4.86. The van der Waals surface area contributed by atoms with E-state index in [0.717, 1.165) is 16.8 Å². The van der Waals surface area contributed by atoms with Gasteiger partial charge in [0.15, 0.2) is 5.82 Å². The molecule has 1 aliphatic heterocycles. The number of fused-ring (bicyclic) bond motifs is 1. The number of carbonyl (C=O) groups excluding carboxylic acids is 1. The first-order valence-corrected chi connectivity index (χ1v) is 7.68. The van der Waals surface area contributed by atoms with Gasteiger partial charge in [-0.05, 0) is 17.0 Å². The summed E-state index contributed by atoms with van der Waals surface area (Å²) >= 11 is 1.68. The standard InChI is InChI=1S/C16H13N3OS/c20-13-9-11(12-7-4-8-21-12)14-15(18-19-16(14)17-13)10-5-2-1-3-6-10/h1-8,11H,9H2,(H2,17,18,19,20)/t11-/m0/s1. The van der Waals surface area contributed by atoms with Crippen molar-refractivity contribution in [1.82, 2.24) is 10.2 Å². The van der Waals surface area contributed by atoms with Gasteiger partial charge in [0.05, 0.1) is 5.69 Å². The van der Waals surface area contributed by atoms with Crippen LogP contribution in [0.2, 0.25) is 0 Å². The monoisotopic (exact) mass is 295 g/mol. The van der Waals surface area contributed by atoms with Crippen LogP contribution in [0.4, 0.5) is 5.82 Å². The van der Waals surface area contributed by atoms with Crippen LogP contribution in [-0.4, -0.2) is 16.1 Å². The van der Waals surface area contributed by atoms with E-state index in [0.29, 0.717) is 12.2 Å². The Morgan fingerprint density at radius 2 is 2.00 bits per heavy atom. The molecule has 3 heterocycles. The molecule has 0 saturated carbocycles. The van der Waals surface area contributed by atoms with E-state index in [1.165, 1.54) is 4.88 Å². The van der Waals surface area contributed by atoms with Gasteiger partial charge in [-0.2, -0.15) is 5.10 Å². The Kier molecular flexibility index (Phi) is 2.86. The minimum atomic E-state index is 0.0204. The molecule has 2 aromatic heterocycles. The summed E-state index contributed by atoms with van der Waals surface area (Å²) < 4.78 is 0. The molecule has 4 rings (SSSR count). The lowest BCUT2D eigenvalue weighted by atomic mass is 9.89. The Labute approximate surface area is 125 Å². The summed E-state index contributed by atoms with van der Waals surface area (Å²) in [6, 6.07) is 14.2. The molecule has 1 amide bonds. The number of rotatable bonds is 2. The number of amides is 1. The molecule has 4 nitrogen and oxygen atoms in total. The number of anilines is 1. The zero-order valence-corrected chi connectivity index (χ0v) is 12.0. The predicted octanol–water partition coefficient (Wildman–Crippen LogP) is 3.61. The van der Waals surface area contributed by atoms with E-state index in [9.17, 15) is 4.79 Å². The fraction of sp³-hybridized carbons (Fsp3) is 0.125. The molecule has 0 spiro atoms. The number of carbonyl (C=O) groups is 1. The molecule has 21 heavy (non-hydrogen) atoms. The van der Waals surface area contributed by atoms with Crippen molar-refractivity contribution in [3.05, 3.63) is 58.3 Å². The van der Waals surface area contributed by atoms with Gasteiger partial charge in [-0.3, -0.25) is 9.89 Å². The number of nitrogens with zero attached hydrogens (tertiary/aromatic N) is 1. The fourth-order valence-corrected chi connectivity index (χ4v) is 3.65. The summed E-state index contributed by atoms with van der Waals surface area (Å²) in [6.07, 6.45) is 0.465. The number of hydrogen-bond donors (Lipinski definition) is 2. The summed E-state index contributed by atoms with van der Waals surface area (Å²) in [4.78, 5) is 13.1. The fourth-order valence-electron chi connectivity index (χ4n) is 2.81. The molecule has 0 radical (unpaired) electrons. The third-order valence-corrected chi connectivity index (χ3v) is 4.73. The van der Waals surface area contributed by atoms with Gasteiger partial charge in [0.2, 0.25) is 5.91 Å². The van der Waals surface area contributed by atoms with E-state index >= 15 is 0 Å². The molecule has 0 bridgehead atoms. The maximum Gasteiger partial charge on any atom is 0.226 e. The quantitative estimate of drug-likeness (QED) is 0.758. The molecule has 2 N–H and O–H groups in total. The van der Waals surface area contributed by atoms with Crippen LogP contribution in [0.3, 0.4) is 0 Å². The van der Waals surface area contributed by atoms with E-state index < -0.39 is 0 Å². The van der Waals surface area contributed by atoms with Gasteiger partial charge in [0.25, 0.3) is 0 Å². The summed E-state index contributed by atoms with van der Waals surface area (Å²) in [7, 11) is 0. The summed E-state index contributed by atoms with van der Waals surface area (Å²) in [6.45, 7) is 0. The van der Waals surface area contributed by atoms with Crippen LogP contribution in [-0.2, 0) is 4.79 Å². The van der Waals surface area contributed by atoms with Gasteiger partial charge in [0.1, 0.15) is 0 Å². The highest BCUT2D eigenvalue weighted by Gasteiger charge is 2.32. The molecule has 1 aromatic carbocycles. The number of nitrogens with one attached hydrogen (secondary N) is 2. The molecule has 104 valence electrons. The smallest absolute Gasteiger partial charge is 0.226 e. The minimum absolute atomic E-state index is 0.0204. The lowest BCUT2D eigenvalue weighted by Gasteiger charge is -2.22. The number of thiophene rings is 1. The molecule has 1 aliphatic rings. The highest BCUT2D eigenvalue weighted by molar-refractivity contribution is 7.10. The van der Waals surface area contributed by atoms with Gasteiger partial charge in [-0.15, -0.1) is 11.3 Å². The maximum atomic E-state index is 11.9. The Morgan fingerprint density at radius 3 is 2.76 bits per heavy atom. The number of H-pyrrole nitrogens is 1. The average Bonchev–Trinajstić information content (AvgIpc) is 3.16. The normalized spacial score (nSPS) is 17.3. The number of aromatic amines is 1. The maximum absolute atomic E-state index is 11.9. The zero-order chi connectivity index (χ0) is 14.2. The van der Waals surface area contributed by atoms with Crippen molar-refractivity contribution in [2.75, 3.05) is 5.32 Å². The van der Waals surface area contributed by atoms with E-state index in [1.54, 1.807) is 11.3 Å². The molecule has 0 aliphatic carbocycles. The van der Waals surface area contributed by atoms with Gasteiger partial charge in [-0.25, -0.2) is 0 Å². The van der Waals surface area contributed by atoms with Crippen LogP contribution in [0.1, 0.15) is 22.8 Å². The molecular weight excluding hydrogens is 282 g/mol. The molecule has 0 unspecified atom stereocenters. The summed E-state index contributed by atoms with van der Waals surface area (Å²) in [5, 5.41) is 12.3. The second-order valence-corrected chi connectivity index (χ2v) is 6.03. The molecule has 3 aromatic rings. The highest BCUT2D eigenvalue weighted by Crippen LogP contribution is 2.42. The van der Waals surface area contributed by atoms with Crippen LogP contribution in [0.5, 0.6) is 0 Å². The van der Waals surface area contributed by atoms with Crippen LogP contribution >= 0.6 is 11.3 Å². The van der Waals surface area contributed by atoms with Gasteiger partial charge < -0.3 is 5.32 Å². The highest BCUT2D eigenvalue weighted by atomic mass is 32.1. The molecule has 1 atom stereocenters. The van der Waals surface area contributed by atoms with Crippen molar-refractivity contribution in [3.8, 4) is 11.3 Å². The Balaban J connectivity index is 1.89. The summed E-state index contributed by atoms with van der Waals surface area (Å²) in [5.74, 6) is 0.748. The van der Waals surface area contributed by atoms with E-state index in [-0.39, 0.29) is 11.8 Å². The van der Waals surface area contributed by atoms with Crippen molar-refractivity contribution in [2.45, 2.75) is 12.3 Å². The van der Waals surface area contributed by atoms with Gasteiger partial charge in [0, 0.05) is 22.8 Å². The largest absolute Gasteiger partial charge is 0.309 e. The zero-order valence-electron chi connectivity index (χ0n) is 11.2. The predicted molar refractivity (Wildman–Crippen MR) is 83.4 cm³/mol. The lowest BCUT2D eigenvalue weighted by molar-refractivity contribution is -0.116. The molecular formula is C16H13N3OS. The first-order valence-electron chi connectivity index (χ1n) is 6.80. The van der Waals surface area contributed by atoms with Crippen molar-refractivity contribution in [3.63, 3.8) is 0 Å². The second-order valence-electron chi connectivity index (χ2n) is 5.05. The first-order chi connectivity index (χ1) is 10.3. The lowest BCUT2D eigenvalue weighted by Crippen LogP contribution is -2.22. The van der Waals surface area contributed by atoms with E-state index in [2.05, 4.69) is 33.7 Å². The molecule has 0 saturated heterocycles. The van der Waals surface area contributed by atoms with Crippen molar-refractivity contribution in [1.29, 1.82) is 0 Å².